The van der Waals surface area contributed by atoms with Crippen LogP contribution in [0.5, 0.6) is 5.75 Å². The van der Waals surface area contributed by atoms with Crippen molar-refractivity contribution in [3.05, 3.63) is 42.0 Å². The van der Waals surface area contributed by atoms with Crippen LogP contribution in [-0.2, 0) is 0 Å². The molecule has 0 atom stereocenters. The summed E-state index contributed by atoms with van der Waals surface area (Å²) in [6, 6.07) is 6.17. The summed E-state index contributed by atoms with van der Waals surface area (Å²) in [5, 5.41) is 2.44. The van der Waals surface area contributed by atoms with Gasteiger partial charge in [-0.05, 0) is 12.1 Å². The number of nitrogens with one attached hydrogen (secondary N) is 2. The van der Waals surface area contributed by atoms with Crippen molar-refractivity contribution in [2.24, 2.45) is 5.84 Å². The number of halogens is 4. The predicted octanol–water partition coefficient (Wildman–Crippen LogP) is 2.99. The molecule has 112 valence electrons. The molecule has 0 aliphatic rings. The molecule has 0 unspecified atom stereocenters. The second kappa shape index (κ2) is 6.27. The number of nitrogens with two attached hydrogens (primary N) is 1. The Balaban J connectivity index is 2.34. The van der Waals surface area contributed by atoms with Crippen molar-refractivity contribution >= 4 is 17.3 Å². The molecule has 21 heavy (non-hydrogen) atoms. The second-order valence-corrected chi connectivity index (χ2v) is 3.79. The monoisotopic (exact) mass is 302 g/mol. The summed E-state index contributed by atoms with van der Waals surface area (Å²) in [5.41, 5.74) is 1.99. The number of hydrazine groups is 1. The topological polar surface area (TPSA) is 72.2 Å². The first kappa shape index (κ1) is 14.9. The molecule has 0 saturated carbocycles. The SMILES string of the molecule is NNc1nc(Nc2ccccc2OC(F)F)c(F)cc1F. The van der Waals surface area contributed by atoms with Gasteiger partial charge in [0, 0.05) is 6.07 Å². The van der Waals surface area contributed by atoms with E-state index in [9.17, 15) is 17.6 Å². The highest BCUT2D eigenvalue weighted by Gasteiger charge is 2.14. The van der Waals surface area contributed by atoms with E-state index < -0.39 is 29.9 Å². The molecule has 0 spiro atoms. The summed E-state index contributed by atoms with van der Waals surface area (Å²) in [4.78, 5) is 3.57. The van der Waals surface area contributed by atoms with Gasteiger partial charge in [0.05, 0.1) is 5.69 Å². The summed E-state index contributed by atoms with van der Waals surface area (Å²) in [5.74, 6) is 2.03. The van der Waals surface area contributed by atoms with E-state index in [1.807, 2.05) is 5.43 Å². The molecule has 0 aliphatic heterocycles. The van der Waals surface area contributed by atoms with Gasteiger partial charge in [0.2, 0.25) is 0 Å². The van der Waals surface area contributed by atoms with Crippen LogP contribution in [0.4, 0.5) is 34.9 Å². The molecule has 0 saturated heterocycles. The summed E-state index contributed by atoms with van der Waals surface area (Å²) in [6.45, 7) is -3.04. The summed E-state index contributed by atoms with van der Waals surface area (Å²) in [6.07, 6.45) is 0. The Morgan fingerprint density at radius 1 is 1.10 bits per heavy atom. The molecule has 2 aromatic rings. The number of pyridine rings is 1. The molecule has 0 fully saturated rings. The van der Waals surface area contributed by atoms with Gasteiger partial charge < -0.3 is 15.5 Å². The average molecular weight is 302 g/mol. The normalized spacial score (nSPS) is 10.6. The van der Waals surface area contributed by atoms with Crippen molar-refractivity contribution in [2.75, 3.05) is 10.7 Å². The number of ether oxygens (including phenoxy) is 1. The van der Waals surface area contributed by atoms with Crippen LogP contribution in [-0.4, -0.2) is 11.6 Å². The molecule has 1 aromatic heterocycles. The smallest absolute Gasteiger partial charge is 0.387 e. The first-order valence-corrected chi connectivity index (χ1v) is 5.64. The van der Waals surface area contributed by atoms with Crippen molar-refractivity contribution in [3.8, 4) is 5.75 Å². The number of nitrogen functional groups attached to an aromatic ring is 1. The standard InChI is InChI=1S/C12H10F4N4O/c13-6-5-7(14)11(20-17)19-10(6)18-8-3-1-2-4-9(8)21-12(15)16/h1-5,12H,17H2,(H2,18,19,20). The number of aromatic nitrogens is 1. The number of hydrogen-bond acceptors (Lipinski definition) is 5. The zero-order valence-electron chi connectivity index (χ0n) is 10.4. The number of alkyl halides is 2. The number of benzene rings is 1. The van der Waals surface area contributed by atoms with Gasteiger partial charge in [-0.25, -0.2) is 19.6 Å². The Morgan fingerprint density at radius 3 is 2.43 bits per heavy atom. The minimum atomic E-state index is -3.04. The highest BCUT2D eigenvalue weighted by molar-refractivity contribution is 5.65. The number of nitrogens with zero attached hydrogens (tertiary/aromatic N) is 1. The maximum absolute atomic E-state index is 13.6. The fourth-order valence-electron chi connectivity index (χ4n) is 1.55. The lowest BCUT2D eigenvalue weighted by molar-refractivity contribution is -0.0493. The zero-order valence-corrected chi connectivity index (χ0v) is 10.4. The van der Waals surface area contributed by atoms with Gasteiger partial charge in [0.25, 0.3) is 0 Å². The van der Waals surface area contributed by atoms with E-state index in [1.165, 1.54) is 24.3 Å². The minimum Gasteiger partial charge on any atom is -0.433 e. The average Bonchev–Trinajstić information content (AvgIpc) is 2.43. The van der Waals surface area contributed by atoms with E-state index in [4.69, 9.17) is 5.84 Å². The second-order valence-electron chi connectivity index (χ2n) is 3.79. The van der Waals surface area contributed by atoms with Crippen LogP contribution in [0, 0.1) is 11.6 Å². The third-order valence-corrected chi connectivity index (χ3v) is 2.42. The van der Waals surface area contributed by atoms with Crippen LogP contribution in [0.3, 0.4) is 0 Å². The predicted molar refractivity (Wildman–Crippen MR) is 68.3 cm³/mol. The van der Waals surface area contributed by atoms with Crippen LogP contribution in [0.15, 0.2) is 30.3 Å². The van der Waals surface area contributed by atoms with Crippen LogP contribution in [0.25, 0.3) is 0 Å². The minimum absolute atomic E-state index is 0.0405. The fourth-order valence-corrected chi connectivity index (χ4v) is 1.55. The Hall–Kier alpha value is -2.55. The first-order chi connectivity index (χ1) is 10.0. The fraction of sp³-hybridized carbons (Fsp3) is 0.0833. The van der Waals surface area contributed by atoms with Gasteiger partial charge in [-0.2, -0.15) is 8.78 Å². The van der Waals surface area contributed by atoms with E-state index in [-0.39, 0.29) is 11.4 Å². The molecule has 5 nitrogen and oxygen atoms in total. The van der Waals surface area contributed by atoms with Gasteiger partial charge in [0.15, 0.2) is 23.3 Å². The van der Waals surface area contributed by atoms with Crippen LogP contribution < -0.4 is 21.3 Å². The van der Waals surface area contributed by atoms with Crippen molar-refractivity contribution in [1.82, 2.24) is 4.98 Å². The largest absolute Gasteiger partial charge is 0.433 e. The Bertz CT molecular complexity index is 639. The molecule has 0 bridgehead atoms. The van der Waals surface area contributed by atoms with E-state index in [1.54, 1.807) is 0 Å². The van der Waals surface area contributed by atoms with Crippen molar-refractivity contribution in [2.45, 2.75) is 6.61 Å². The number of rotatable bonds is 5. The van der Waals surface area contributed by atoms with E-state index in [2.05, 4.69) is 15.0 Å². The van der Waals surface area contributed by atoms with Crippen LogP contribution in [0.1, 0.15) is 0 Å². The highest BCUT2D eigenvalue weighted by atomic mass is 19.3. The number of para-hydroxylation sites is 2. The number of anilines is 3. The molecule has 4 N–H and O–H groups in total. The molecular weight excluding hydrogens is 292 g/mol. The molecule has 0 aliphatic carbocycles. The first-order valence-electron chi connectivity index (χ1n) is 5.64. The van der Waals surface area contributed by atoms with E-state index >= 15 is 0 Å². The lowest BCUT2D eigenvalue weighted by Gasteiger charge is -2.13. The number of hydrogen-bond donors (Lipinski definition) is 3. The van der Waals surface area contributed by atoms with Gasteiger partial charge in [-0.3, -0.25) is 0 Å². The van der Waals surface area contributed by atoms with E-state index in [0.717, 1.165) is 0 Å². The van der Waals surface area contributed by atoms with Gasteiger partial charge in [-0.15, -0.1) is 0 Å². The molecule has 0 amide bonds. The molecule has 1 heterocycles. The Kier molecular flexibility index (Phi) is 4.43. The van der Waals surface area contributed by atoms with Crippen molar-refractivity contribution in [1.29, 1.82) is 0 Å². The highest BCUT2D eigenvalue weighted by Crippen LogP contribution is 2.29. The third-order valence-electron chi connectivity index (χ3n) is 2.42. The Labute approximate surface area is 116 Å². The van der Waals surface area contributed by atoms with Gasteiger partial charge in [-0.1, -0.05) is 12.1 Å². The molecule has 0 radical (unpaired) electrons. The maximum atomic E-state index is 13.6. The molecule has 9 heteroatoms. The summed E-state index contributed by atoms with van der Waals surface area (Å²) < 4.78 is 55.7. The van der Waals surface area contributed by atoms with Crippen molar-refractivity contribution < 1.29 is 22.3 Å². The van der Waals surface area contributed by atoms with Crippen LogP contribution >= 0.6 is 0 Å². The quantitative estimate of drug-likeness (QED) is 0.450. The lowest BCUT2D eigenvalue weighted by Crippen LogP contribution is -2.12. The van der Waals surface area contributed by atoms with Crippen LogP contribution in [0.2, 0.25) is 0 Å². The Morgan fingerprint density at radius 2 is 1.76 bits per heavy atom. The van der Waals surface area contributed by atoms with Gasteiger partial charge >= 0.3 is 6.61 Å². The summed E-state index contributed by atoms with van der Waals surface area (Å²) >= 11 is 0. The molecule has 2 rings (SSSR count). The molecular formula is C12H10F4N4O. The third kappa shape index (κ3) is 3.51. The van der Waals surface area contributed by atoms with E-state index in [0.29, 0.717) is 6.07 Å². The zero-order chi connectivity index (χ0) is 15.4. The summed E-state index contributed by atoms with van der Waals surface area (Å²) in [7, 11) is 0. The lowest BCUT2D eigenvalue weighted by atomic mass is 10.3. The maximum Gasteiger partial charge on any atom is 0.387 e. The van der Waals surface area contributed by atoms with Crippen molar-refractivity contribution in [3.63, 3.8) is 0 Å². The van der Waals surface area contributed by atoms with Gasteiger partial charge in [0.1, 0.15) is 5.75 Å². The molecule has 1 aromatic carbocycles.